The van der Waals surface area contributed by atoms with Crippen molar-refractivity contribution in [3.05, 3.63) is 41.0 Å². The molecule has 0 saturated heterocycles. The Morgan fingerprint density at radius 2 is 2.16 bits per heavy atom. The van der Waals surface area contributed by atoms with Gasteiger partial charge in [0, 0.05) is 0 Å². The molecule has 2 aliphatic rings. The first-order chi connectivity index (χ1) is 9.21. The van der Waals surface area contributed by atoms with Gasteiger partial charge in [0.15, 0.2) is 0 Å². The van der Waals surface area contributed by atoms with Gasteiger partial charge in [-0.25, -0.2) is 0 Å². The summed E-state index contributed by atoms with van der Waals surface area (Å²) in [5.41, 5.74) is 4.48. The molecular formula is C17H23NO. The lowest BCUT2D eigenvalue weighted by atomic mass is 9.64. The Kier molecular flexibility index (Phi) is 3.14. The molecule has 0 unspecified atom stereocenters. The standard InChI is InChI=1S/C17H23NO/c1-12-10-14(19-3)11-16-15(12)8-7-13-6-4-5-9-17(13,16)18-2/h4-5,10-11,13,18H,6-9H2,1-3H3/t13-,17+/m0/s1. The molecule has 2 nitrogen and oxygen atoms in total. The third kappa shape index (κ3) is 1.81. The van der Waals surface area contributed by atoms with Crippen LogP contribution in [0.5, 0.6) is 5.75 Å². The van der Waals surface area contributed by atoms with Crippen molar-refractivity contribution in [2.45, 2.75) is 38.1 Å². The quantitative estimate of drug-likeness (QED) is 0.821. The molecule has 102 valence electrons. The van der Waals surface area contributed by atoms with Crippen molar-refractivity contribution < 1.29 is 4.74 Å². The average Bonchev–Trinajstić information content (AvgIpc) is 2.46. The minimum atomic E-state index is 0.113. The highest BCUT2D eigenvalue weighted by atomic mass is 16.5. The number of hydrogen-bond donors (Lipinski definition) is 1. The molecule has 0 radical (unpaired) electrons. The summed E-state index contributed by atoms with van der Waals surface area (Å²) in [6, 6.07) is 4.42. The van der Waals surface area contributed by atoms with Crippen molar-refractivity contribution in [1.82, 2.24) is 5.32 Å². The highest BCUT2D eigenvalue weighted by molar-refractivity contribution is 5.48. The third-order valence-corrected chi connectivity index (χ3v) is 5.08. The zero-order valence-electron chi connectivity index (χ0n) is 12.1. The predicted molar refractivity (Wildman–Crippen MR) is 78.7 cm³/mol. The molecule has 0 spiro atoms. The van der Waals surface area contributed by atoms with Crippen LogP contribution in [0, 0.1) is 12.8 Å². The summed E-state index contributed by atoms with van der Waals surface area (Å²) in [4.78, 5) is 0. The number of benzene rings is 1. The summed E-state index contributed by atoms with van der Waals surface area (Å²) in [6.45, 7) is 2.21. The summed E-state index contributed by atoms with van der Waals surface area (Å²) < 4.78 is 5.48. The van der Waals surface area contributed by atoms with Crippen LogP contribution in [0.15, 0.2) is 24.3 Å². The zero-order valence-corrected chi connectivity index (χ0v) is 12.1. The Hall–Kier alpha value is -1.28. The van der Waals surface area contributed by atoms with E-state index in [0.717, 1.165) is 12.2 Å². The normalized spacial score (nSPS) is 28.7. The largest absolute Gasteiger partial charge is 0.497 e. The number of methoxy groups -OCH3 is 1. The van der Waals surface area contributed by atoms with Crippen LogP contribution in [-0.2, 0) is 12.0 Å². The minimum Gasteiger partial charge on any atom is -0.497 e. The Morgan fingerprint density at radius 1 is 1.32 bits per heavy atom. The van der Waals surface area contributed by atoms with Crippen molar-refractivity contribution in [3.8, 4) is 5.75 Å². The number of ether oxygens (including phenoxy) is 1. The number of rotatable bonds is 2. The summed E-state index contributed by atoms with van der Waals surface area (Å²) in [6.07, 6.45) is 9.44. The van der Waals surface area contributed by atoms with Crippen LogP contribution in [-0.4, -0.2) is 14.2 Å². The lowest BCUT2D eigenvalue weighted by Gasteiger charge is -2.47. The number of fused-ring (bicyclic) bond motifs is 3. The van der Waals surface area contributed by atoms with E-state index in [4.69, 9.17) is 4.74 Å². The number of allylic oxidation sites excluding steroid dienone is 1. The molecule has 0 bridgehead atoms. The lowest BCUT2D eigenvalue weighted by Crippen LogP contribution is -2.50. The van der Waals surface area contributed by atoms with Gasteiger partial charge in [0.25, 0.3) is 0 Å². The van der Waals surface area contributed by atoms with E-state index in [1.165, 1.54) is 36.0 Å². The van der Waals surface area contributed by atoms with Crippen molar-refractivity contribution in [3.63, 3.8) is 0 Å². The summed E-state index contributed by atoms with van der Waals surface area (Å²) in [5, 5.41) is 3.65. The second-order valence-electron chi connectivity index (χ2n) is 5.84. The van der Waals surface area contributed by atoms with Crippen molar-refractivity contribution in [2.75, 3.05) is 14.2 Å². The molecule has 0 amide bonds. The number of nitrogens with one attached hydrogen (secondary N) is 1. The Balaban J connectivity index is 2.19. The van der Waals surface area contributed by atoms with Gasteiger partial charge in [0.1, 0.15) is 5.75 Å². The topological polar surface area (TPSA) is 21.3 Å². The molecule has 0 saturated carbocycles. The molecule has 0 heterocycles. The van der Waals surface area contributed by atoms with E-state index < -0.39 is 0 Å². The second-order valence-corrected chi connectivity index (χ2v) is 5.84. The molecule has 1 N–H and O–H groups in total. The van der Waals surface area contributed by atoms with Crippen molar-refractivity contribution in [2.24, 2.45) is 5.92 Å². The van der Waals surface area contributed by atoms with E-state index in [1.54, 1.807) is 7.11 Å². The first kappa shape index (κ1) is 12.7. The molecular weight excluding hydrogens is 234 g/mol. The van der Waals surface area contributed by atoms with E-state index in [2.05, 4.69) is 43.6 Å². The van der Waals surface area contributed by atoms with Gasteiger partial charge in [0.05, 0.1) is 12.6 Å². The van der Waals surface area contributed by atoms with Gasteiger partial charge in [-0.05, 0) is 74.4 Å². The van der Waals surface area contributed by atoms with E-state index >= 15 is 0 Å². The lowest BCUT2D eigenvalue weighted by molar-refractivity contribution is 0.186. The molecule has 2 heteroatoms. The molecule has 0 aliphatic heterocycles. The Morgan fingerprint density at radius 3 is 2.89 bits per heavy atom. The van der Waals surface area contributed by atoms with Crippen LogP contribution in [0.25, 0.3) is 0 Å². The molecule has 0 fully saturated rings. The van der Waals surface area contributed by atoms with E-state index in [-0.39, 0.29) is 5.54 Å². The second kappa shape index (κ2) is 4.68. The van der Waals surface area contributed by atoms with Gasteiger partial charge in [0.2, 0.25) is 0 Å². The highest BCUT2D eigenvalue weighted by Crippen LogP contribution is 2.47. The van der Waals surface area contributed by atoms with Crippen LogP contribution in [0.3, 0.4) is 0 Å². The first-order valence-corrected chi connectivity index (χ1v) is 7.23. The molecule has 2 atom stereocenters. The Bertz CT molecular complexity index is 520. The van der Waals surface area contributed by atoms with Gasteiger partial charge in [-0.2, -0.15) is 0 Å². The highest BCUT2D eigenvalue weighted by Gasteiger charge is 2.43. The van der Waals surface area contributed by atoms with Crippen molar-refractivity contribution in [1.29, 1.82) is 0 Å². The minimum absolute atomic E-state index is 0.113. The predicted octanol–water partition coefficient (Wildman–Crippen LogP) is 3.33. The Labute approximate surface area is 115 Å². The van der Waals surface area contributed by atoms with Gasteiger partial charge < -0.3 is 10.1 Å². The van der Waals surface area contributed by atoms with E-state index in [1.807, 2.05) is 0 Å². The monoisotopic (exact) mass is 257 g/mol. The van der Waals surface area contributed by atoms with Crippen LogP contribution in [0.2, 0.25) is 0 Å². The van der Waals surface area contributed by atoms with E-state index in [0.29, 0.717) is 5.92 Å². The fourth-order valence-electron chi connectivity index (χ4n) is 3.98. The summed E-state index contributed by atoms with van der Waals surface area (Å²) >= 11 is 0. The van der Waals surface area contributed by atoms with Gasteiger partial charge in [-0.15, -0.1) is 0 Å². The van der Waals surface area contributed by atoms with Crippen molar-refractivity contribution >= 4 is 0 Å². The third-order valence-electron chi connectivity index (χ3n) is 5.08. The summed E-state index contributed by atoms with van der Waals surface area (Å²) in [5.74, 6) is 1.70. The molecule has 19 heavy (non-hydrogen) atoms. The smallest absolute Gasteiger partial charge is 0.119 e. The fraction of sp³-hybridized carbons (Fsp3) is 0.529. The maximum Gasteiger partial charge on any atom is 0.119 e. The number of aryl methyl sites for hydroxylation is 1. The SMILES string of the molecule is CN[C@]12CC=CC[C@H]1CCc1c(C)cc(OC)cc12. The maximum atomic E-state index is 5.48. The summed E-state index contributed by atoms with van der Waals surface area (Å²) in [7, 11) is 3.87. The fourth-order valence-corrected chi connectivity index (χ4v) is 3.98. The first-order valence-electron chi connectivity index (χ1n) is 7.23. The van der Waals surface area contributed by atoms with Crippen LogP contribution in [0.4, 0.5) is 0 Å². The van der Waals surface area contributed by atoms with Crippen LogP contribution >= 0.6 is 0 Å². The molecule has 3 rings (SSSR count). The van der Waals surface area contributed by atoms with Gasteiger partial charge in [-0.1, -0.05) is 12.2 Å². The average molecular weight is 257 g/mol. The molecule has 1 aromatic carbocycles. The molecule has 2 aliphatic carbocycles. The van der Waals surface area contributed by atoms with Crippen LogP contribution < -0.4 is 10.1 Å². The van der Waals surface area contributed by atoms with Crippen LogP contribution in [0.1, 0.15) is 36.0 Å². The molecule has 1 aromatic rings. The maximum absolute atomic E-state index is 5.48. The zero-order chi connectivity index (χ0) is 13.5. The number of hydrogen-bond acceptors (Lipinski definition) is 2. The van der Waals surface area contributed by atoms with E-state index in [9.17, 15) is 0 Å². The van der Waals surface area contributed by atoms with Gasteiger partial charge in [-0.3, -0.25) is 0 Å². The van der Waals surface area contributed by atoms with Gasteiger partial charge >= 0.3 is 0 Å². The molecule has 0 aromatic heterocycles.